The van der Waals surface area contributed by atoms with Crippen LogP contribution < -0.4 is 14.4 Å². The molecule has 1 aliphatic rings. The Morgan fingerprint density at radius 1 is 1.13 bits per heavy atom. The lowest BCUT2D eigenvalue weighted by Gasteiger charge is -2.29. The van der Waals surface area contributed by atoms with Gasteiger partial charge in [0.2, 0.25) is 0 Å². The van der Waals surface area contributed by atoms with Crippen LogP contribution in [0.2, 0.25) is 0 Å². The van der Waals surface area contributed by atoms with Gasteiger partial charge in [-0.1, -0.05) is 18.2 Å². The molecule has 0 spiro atoms. The third-order valence-electron chi connectivity index (χ3n) is 3.97. The van der Waals surface area contributed by atoms with Crippen molar-refractivity contribution in [1.29, 1.82) is 0 Å². The largest absolute Gasteiger partial charge is 0.490 e. The van der Waals surface area contributed by atoms with Crippen LogP contribution in [0.25, 0.3) is 0 Å². The minimum absolute atomic E-state index is 0.0255. The number of fused-ring (bicyclic) bond motifs is 1. The fraction of sp³-hybridized carbons (Fsp3) is 0.316. The number of nitrogens with zero attached hydrogens (tertiary/aromatic N) is 1. The summed E-state index contributed by atoms with van der Waals surface area (Å²) in [6, 6.07) is 11.9. The first-order valence-electron chi connectivity index (χ1n) is 7.78. The number of carbonyl (C=O) groups excluding carboxylic acids is 1. The van der Waals surface area contributed by atoms with Gasteiger partial charge in [0.25, 0.3) is 5.91 Å². The summed E-state index contributed by atoms with van der Waals surface area (Å²) in [5, 5.41) is 0. The second-order valence-electron chi connectivity index (χ2n) is 5.92. The molecule has 1 heterocycles. The molecule has 0 N–H and O–H groups in total. The number of hydrogen-bond donors (Lipinski definition) is 0. The smallest absolute Gasteiger partial charge is 0.265 e. The topological polar surface area (TPSA) is 38.8 Å². The van der Waals surface area contributed by atoms with Crippen LogP contribution >= 0.6 is 0 Å². The van der Waals surface area contributed by atoms with Crippen molar-refractivity contribution >= 4 is 11.6 Å². The molecule has 4 heteroatoms. The molecule has 120 valence electrons. The number of rotatable bonds is 3. The van der Waals surface area contributed by atoms with Crippen LogP contribution in [0.1, 0.15) is 16.7 Å². The highest BCUT2D eigenvalue weighted by atomic mass is 16.5. The van der Waals surface area contributed by atoms with Gasteiger partial charge in [-0.25, -0.2) is 0 Å². The van der Waals surface area contributed by atoms with E-state index in [0.717, 1.165) is 33.9 Å². The molecule has 0 aliphatic carbocycles. The summed E-state index contributed by atoms with van der Waals surface area (Å²) >= 11 is 0. The van der Waals surface area contributed by atoms with Crippen molar-refractivity contribution in [2.75, 3.05) is 24.7 Å². The highest BCUT2D eigenvalue weighted by Gasteiger charge is 2.24. The third kappa shape index (κ3) is 3.31. The molecule has 2 aromatic rings. The van der Waals surface area contributed by atoms with Crippen molar-refractivity contribution in [1.82, 2.24) is 0 Å². The number of amides is 1. The summed E-state index contributed by atoms with van der Waals surface area (Å²) in [7, 11) is 0. The number of hydrogen-bond acceptors (Lipinski definition) is 3. The van der Waals surface area contributed by atoms with Gasteiger partial charge in [-0.3, -0.25) is 4.79 Å². The first-order chi connectivity index (χ1) is 11.0. The Balaban J connectivity index is 1.75. The summed E-state index contributed by atoms with van der Waals surface area (Å²) in [4.78, 5) is 14.3. The molecule has 0 radical (unpaired) electrons. The number of carbonyl (C=O) groups is 1. The minimum atomic E-state index is -0.0546. The minimum Gasteiger partial charge on any atom is -0.490 e. The van der Waals surface area contributed by atoms with E-state index in [1.54, 1.807) is 4.90 Å². The molecule has 0 atom stereocenters. The van der Waals surface area contributed by atoms with Crippen LogP contribution in [-0.2, 0) is 4.79 Å². The first kappa shape index (κ1) is 15.4. The number of anilines is 1. The molecule has 1 amide bonds. The van der Waals surface area contributed by atoms with Crippen molar-refractivity contribution in [2.24, 2.45) is 0 Å². The zero-order valence-electron chi connectivity index (χ0n) is 13.8. The van der Waals surface area contributed by atoms with E-state index in [9.17, 15) is 4.79 Å². The molecule has 3 rings (SSSR count). The zero-order valence-corrected chi connectivity index (χ0v) is 13.8. The van der Waals surface area contributed by atoms with E-state index in [1.165, 1.54) is 0 Å². The van der Waals surface area contributed by atoms with Gasteiger partial charge in [-0.15, -0.1) is 0 Å². The monoisotopic (exact) mass is 311 g/mol. The van der Waals surface area contributed by atoms with Crippen molar-refractivity contribution in [3.8, 4) is 11.5 Å². The Bertz CT molecular complexity index is 739. The number of ether oxygens (including phenoxy) is 2. The standard InChI is InChI=1S/C19H21NO3/c1-13-5-7-17-16(10-13)20(8-9-22-17)19(21)12-23-18-11-14(2)4-6-15(18)3/h4-7,10-11H,8-9,12H2,1-3H3. The van der Waals surface area contributed by atoms with Crippen molar-refractivity contribution < 1.29 is 14.3 Å². The summed E-state index contributed by atoms with van der Waals surface area (Å²) in [6.45, 7) is 7.07. The molecule has 4 nitrogen and oxygen atoms in total. The SMILES string of the molecule is Cc1ccc(C)c(OCC(=O)N2CCOc3ccc(C)cc32)c1. The molecule has 0 unspecified atom stereocenters. The highest BCUT2D eigenvalue weighted by molar-refractivity contribution is 5.96. The Morgan fingerprint density at radius 2 is 1.87 bits per heavy atom. The Labute approximate surface area is 136 Å². The Hall–Kier alpha value is -2.49. The third-order valence-corrected chi connectivity index (χ3v) is 3.97. The van der Waals surface area contributed by atoms with E-state index < -0.39 is 0 Å². The maximum atomic E-state index is 12.6. The van der Waals surface area contributed by atoms with E-state index in [4.69, 9.17) is 9.47 Å². The summed E-state index contributed by atoms with van der Waals surface area (Å²) in [5.74, 6) is 1.46. The molecule has 0 saturated carbocycles. The highest BCUT2D eigenvalue weighted by Crippen LogP contribution is 2.32. The van der Waals surface area contributed by atoms with Gasteiger partial charge < -0.3 is 14.4 Å². The van der Waals surface area contributed by atoms with Gasteiger partial charge in [-0.2, -0.15) is 0 Å². The van der Waals surface area contributed by atoms with Crippen molar-refractivity contribution in [3.63, 3.8) is 0 Å². The maximum Gasteiger partial charge on any atom is 0.265 e. The van der Waals surface area contributed by atoms with E-state index in [2.05, 4.69) is 0 Å². The summed E-state index contributed by atoms with van der Waals surface area (Å²) < 4.78 is 11.4. The molecule has 1 aliphatic heterocycles. The molecule has 0 saturated heterocycles. The van der Waals surface area contributed by atoms with Gasteiger partial charge in [0.15, 0.2) is 6.61 Å². The fourth-order valence-corrected chi connectivity index (χ4v) is 2.67. The second kappa shape index (κ2) is 6.32. The maximum absolute atomic E-state index is 12.6. The molecular weight excluding hydrogens is 290 g/mol. The van der Waals surface area contributed by atoms with Crippen LogP contribution in [0.3, 0.4) is 0 Å². The van der Waals surface area contributed by atoms with Gasteiger partial charge >= 0.3 is 0 Å². The second-order valence-corrected chi connectivity index (χ2v) is 5.92. The van der Waals surface area contributed by atoms with Crippen LogP contribution in [0.5, 0.6) is 11.5 Å². The molecule has 0 bridgehead atoms. The number of aryl methyl sites for hydroxylation is 3. The quantitative estimate of drug-likeness (QED) is 0.872. The summed E-state index contributed by atoms with van der Waals surface area (Å²) in [5.41, 5.74) is 4.07. The van der Waals surface area contributed by atoms with Gasteiger partial charge in [0, 0.05) is 0 Å². The summed E-state index contributed by atoms with van der Waals surface area (Å²) in [6.07, 6.45) is 0. The van der Waals surface area contributed by atoms with Crippen LogP contribution in [0.15, 0.2) is 36.4 Å². The van der Waals surface area contributed by atoms with Gasteiger partial charge in [0.1, 0.15) is 18.1 Å². The lowest BCUT2D eigenvalue weighted by atomic mass is 10.1. The van der Waals surface area contributed by atoms with Crippen LogP contribution in [0.4, 0.5) is 5.69 Å². The molecular formula is C19H21NO3. The average molecular weight is 311 g/mol. The van der Waals surface area contributed by atoms with E-state index in [-0.39, 0.29) is 12.5 Å². The Kier molecular flexibility index (Phi) is 4.24. The fourth-order valence-electron chi connectivity index (χ4n) is 2.67. The molecule has 23 heavy (non-hydrogen) atoms. The first-order valence-corrected chi connectivity index (χ1v) is 7.78. The molecule has 0 fully saturated rings. The van der Waals surface area contributed by atoms with Crippen LogP contribution in [-0.4, -0.2) is 25.7 Å². The predicted molar refractivity (Wildman–Crippen MR) is 90.4 cm³/mol. The van der Waals surface area contributed by atoms with Gasteiger partial charge in [0.05, 0.1) is 12.2 Å². The van der Waals surface area contributed by atoms with E-state index in [0.29, 0.717) is 13.2 Å². The zero-order chi connectivity index (χ0) is 16.4. The lowest BCUT2D eigenvalue weighted by Crippen LogP contribution is -2.40. The van der Waals surface area contributed by atoms with E-state index in [1.807, 2.05) is 57.2 Å². The molecule has 0 aromatic heterocycles. The number of benzene rings is 2. The molecule has 2 aromatic carbocycles. The Morgan fingerprint density at radius 3 is 2.70 bits per heavy atom. The van der Waals surface area contributed by atoms with Gasteiger partial charge in [-0.05, 0) is 55.7 Å². The normalized spacial score (nSPS) is 13.3. The van der Waals surface area contributed by atoms with Crippen molar-refractivity contribution in [2.45, 2.75) is 20.8 Å². The predicted octanol–water partition coefficient (Wildman–Crippen LogP) is 3.42. The lowest BCUT2D eigenvalue weighted by molar-refractivity contribution is -0.120. The van der Waals surface area contributed by atoms with Crippen LogP contribution in [0, 0.1) is 20.8 Å². The average Bonchev–Trinajstić information content (AvgIpc) is 2.54. The van der Waals surface area contributed by atoms with E-state index >= 15 is 0 Å². The van der Waals surface area contributed by atoms with Crippen molar-refractivity contribution in [3.05, 3.63) is 53.1 Å².